The van der Waals surface area contributed by atoms with Crippen LogP contribution in [0, 0.1) is 6.92 Å². The summed E-state index contributed by atoms with van der Waals surface area (Å²) in [5, 5.41) is 13.9. The Balaban J connectivity index is 2.19. The molecule has 2 aromatic heterocycles. The molecular formula is C13H19N3O. The van der Waals surface area contributed by atoms with Gasteiger partial charge in [0.05, 0.1) is 24.0 Å². The zero-order valence-corrected chi connectivity index (χ0v) is 10.6. The topological polar surface area (TPSA) is 43.0 Å². The van der Waals surface area contributed by atoms with Gasteiger partial charge in [0.2, 0.25) is 0 Å². The Hall–Kier alpha value is -1.55. The zero-order chi connectivity index (χ0) is 12.4. The number of nitrogens with zero attached hydrogens (tertiary/aromatic N) is 3. The first-order chi connectivity index (χ1) is 8.10. The molecular weight excluding hydrogens is 214 g/mol. The van der Waals surface area contributed by atoms with Crippen molar-refractivity contribution in [3.05, 3.63) is 41.5 Å². The number of aliphatic hydroxyl groups excluding tert-OH is 1. The van der Waals surface area contributed by atoms with Crippen molar-refractivity contribution in [3.8, 4) is 0 Å². The number of hydrogen-bond donors (Lipinski definition) is 1. The Morgan fingerprint density at radius 1 is 1.47 bits per heavy atom. The fraction of sp³-hybridized carbons (Fsp3) is 0.462. The molecule has 1 atom stereocenters. The third kappa shape index (κ3) is 2.58. The molecule has 0 fully saturated rings. The van der Waals surface area contributed by atoms with Gasteiger partial charge in [-0.3, -0.25) is 4.68 Å². The van der Waals surface area contributed by atoms with Gasteiger partial charge in [0.15, 0.2) is 0 Å². The van der Waals surface area contributed by atoms with E-state index in [-0.39, 0.29) is 0 Å². The van der Waals surface area contributed by atoms with Crippen LogP contribution >= 0.6 is 0 Å². The molecule has 0 saturated heterocycles. The van der Waals surface area contributed by atoms with Gasteiger partial charge in [-0.2, -0.15) is 5.10 Å². The van der Waals surface area contributed by atoms with Crippen LogP contribution in [0.2, 0.25) is 0 Å². The first-order valence-electron chi connectivity index (χ1n) is 5.97. The van der Waals surface area contributed by atoms with Crippen LogP contribution in [0.1, 0.15) is 36.9 Å². The van der Waals surface area contributed by atoms with E-state index < -0.39 is 6.10 Å². The number of aliphatic hydroxyl groups is 1. The van der Waals surface area contributed by atoms with Gasteiger partial charge in [-0.05, 0) is 38.5 Å². The van der Waals surface area contributed by atoms with E-state index in [0.29, 0.717) is 0 Å². The molecule has 0 amide bonds. The van der Waals surface area contributed by atoms with Crippen LogP contribution in [0.15, 0.2) is 24.5 Å². The summed E-state index contributed by atoms with van der Waals surface area (Å²) in [4.78, 5) is 0. The molecule has 0 aliphatic heterocycles. The van der Waals surface area contributed by atoms with Gasteiger partial charge in [-0.1, -0.05) is 0 Å². The molecule has 0 aromatic carbocycles. The molecule has 4 heteroatoms. The molecule has 92 valence electrons. The van der Waals surface area contributed by atoms with E-state index in [1.165, 1.54) is 5.69 Å². The number of aromatic nitrogens is 3. The maximum atomic E-state index is 9.48. The lowest BCUT2D eigenvalue weighted by atomic mass is 10.2. The van der Waals surface area contributed by atoms with Crippen molar-refractivity contribution >= 4 is 0 Å². The van der Waals surface area contributed by atoms with Crippen molar-refractivity contribution in [3.63, 3.8) is 0 Å². The van der Waals surface area contributed by atoms with E-state index in [1.54, 1.807) is 6.92 Å². The van der Waals surface area contributed by atoms with E-state index >= 15 is 0 Å². The third-order valence-corrected chi connectivity index (χ3v) is 2.89. The Morgan fingerprint density at radius 2 is 2.24 bits per heavy atom. The summed E-state index contributed by atoms with van der Waals surface area (Å²) in [6.45, 7) is 7.55. The molecule has 0 saturated carbocycles. The van der Waals surface area contributed by atoms with Crippen molar-refractivity contribution in [2.24, 2.45) is 0 Å². The summed E-state index contributed by atoms with van der Waals surface area (Å²) in [5.74, 6) is 0. The van der Waals surface area contributed by atoms with E-state index in [9.17, 15) is 5.11 Å². The molecule has 0 aliphatic rings. The summed E-state index contributed by atoms with van der Waals surface area (Å²) < 4.78 is 4.09. The highest BCUT2D eigenvalue weighted by molar-refractivity contribution is 5.15. The molecule has 4 nitrogen and oxygen atoms in total. The van der Waals surface area contributed by atoms with E-state index in [1.807, 2.05) is 30.1 Å². The van der Waals surface area contributed by atoms with Gasteiger partial charge in [0, 0.05) is 18.9 Å². The van der Waals surface area contributed by atoms with Crippen LogP contribution in [0.3, 0.4) is 0 Å². The van der Waals surface area contributed by atoms with Crippen molar-refractivity contribution in [2.45, 2.75) is 40.0 Å². The smallest absolute Gasteiger partial charge is 0.0776 e. The molecule has 2 heterocycles. The highest BCUT2D eigenvalue weighted by Crippen LogP contribution is 2.13. The van der Waals surface area contributed by atoms with Gasteiger partial charge in [-0.25, -0.2) is 0 Å². The lowest BCUT2D eigenvalue weighted by Crippen LogP contribution is -2.06. The van der Waals surface area contributed by atoms with Gasteiger partial charge < -0.3 is 9.67 Å². The van der Waals surface area contributed by atoms with Crippen molar-refractivity contribution < 1.29 is 5.11 Å². The van der Waals surface area contributed by atoms with Gasteiger partial charge in [0.25, 0.3) is 0 Å². The Labute approximate surface area is 101 Å². The molecule has 0 bridgehead atoms. The number of rotatable bonds is 4. The van der Waals surface area contributed by atoms with Gasteiger partial charge in [0.1, 0.15) is 0 Å². The molecule has 2 aromatic rings. The Kier molecular flexibility index (Phi) is 3.33. The summed E-state index contributed by atoms with van der Waals surface area (Å²) >= 11 is 0. The van der Waals surface area contributed by atoms with E-state index in [4.69, 9.17) is 0 Å². The number of hydrogen-bond acceptors (Lipinski definition) is 2. The molecule has 17 heavy (non-hydrogen) atoms. The minimum Gasteiger partial charge on any atom is -0.389 e. The minimum absolute atomic E-state index is 0.408. The lowest BCUT2D eigenvalue weighted by molar-refractivity contribution is 0.199. The third-order valence-electron chi connectivity index (χ3n) is 2.89. The zero-order valence-electron chi connectivity index (χ0n) is 10.6. The average Bonchev–Trinajstić information content (AvgIpc) is 2.86. The van der Waals surface area contributed by atoms with Crippen LogP contribution in [-0.2, 0) is 13.1 Å². The second kappa shape index (κ2) is 4.75. The summed E-state index contributed by atoms with van der Waals surface area (Å²) in [6.07, 6.45) is 3.56. The predicted molar refractivity (Wildman–Crippen MR) is 66.8 cm³/mol. The van der Waals surface area contributed by atoms with Crippen molar-refractivity contribution in [1.29, 1.82) is 0 Å². The second-order valence-corrected chi connectivity index (χ2v) is 4.39. The van der Waals surface area contributed by atoms with Crippen LogP contribution < -0.4 is 0 Å². The Morgan fingerprint density at radius 3 is 2.82 bits per heavy atom. The second-order valence-electron chi connectivity index (χ2n) is 4.39. The first kappa shape index (κ1) is 11.9. The predicted octanol–water partition coefficient (Wildman–Crippen LogP) is 2.11. The van der Waals surface area contributed by atoms with E-state index in [0.717, 1.165) is 24.3 Å². The fourth-order valence-electron chi connectivity index (χ4n) is 1.99. The van der Waals surface area contributed by atoms with Crippen molar-refractivity contribution in [1.82, 2.24) is 14.3 Å². The van der Waals surface area contributed by atoms with Crippen LogP contribution in [0.4, 0.5) is 0 Å². The normalized spacial score (nSPS) is 12.9. The quantitative estimate of drug-likeness (QED) is 0.879. The fourth-order valence-corrected chi connectivity index (χ4v) is 1.99. The Bertz CT molecular complexity index is 496. The average molecular weight is 233 g/mol. The standard InChI is InChI=1S/C13H19N3O/c1-4-16-13(7-10(2)14-16)9-15-6-5-12(8-15)11(3)17/h5-8,11,17H,4,9H2,1-3H3. The van der Waals surface area contributed by atoms with Crippen LogP contribution in [0.25, 0.3) is 0 Å². The number of aryl methyl sites for hydroxylation is 2. The van der Waals surface area contributed by atoms with E-state index in [2.05, 4.69) is 22.7 Å². The highest BCUT2D eigenvalue weighted by atomic mass is 16.3. The molecule has 1 unspecified atom stereocenters. The molecule has 0 radical (unpaired) electrons. The maximum absolute atomic E-state index is 9.48. The van der Waals surface area contributed by atoms with Gasteiger partial charge >= 0.3 is 0 Å². The van der Waals surface area contributed by atoms with Gasteiger partial charge in [-0.15, -0.1) is 0 Å². The highest BCUT2D eigenvalue weighted by Gasteiger charge is 2.07. The molecule has 1 N–H and O–H groups in total. The lowest BCUT2D eigenvalue weighted by Gasteiger charge is -2.06. The summed E-state index contributed by atoms with van der Waals surface area (Å²) in [5.41, 5.74) is 3.19. The van der Waals surface area contributed by atoms with Crippen LogP contribution in [-0.4, -0.2) is 19.5 Å². The van der Waals surface area contributed by atoms with Crippen LogP contribution in [0.5, 0.6) is 0 Å². The maximum Gasteiger partial charge on any atom is 0.0776 e. The first-order valence-corrected chi connectivity index (χ1v) is 5.97. The molecule has 0 aliphatic carbocycles. The SMILES string of the molecule is CCn1nc(C)cc1Cn1ccc(C(C)O)c1. The minimum atomic E-state index is -0.408. The largest absolute Gasteiger partial charge is 0.389 e. The summed E-state index contributed by atoms with van der Waals surface area (Å²) in [6, 6.07) is 4.05. The summed E-state index contributed by atoms with van der Waals surface area (Å²) in [7, 11) is 0. The molecule has 0 spiro atoms. The van der Waals surface area contributed by atoms with Crippen molar-refractivity contribution in [2.75, 3.05) is 0 Å². The molecule has 2 rings (SSSR count). The monoisotopic (exact) mass is 233 g/mol.